The number of nitrogens with one attached hydrogen (secondary N) is 1. The van der Waals surface area contributed by atoms with Crippen molar-refractivity contribution in [3.63, 3.8) is 0 Å². The molecule has 0 bridgehead atoms. The van der Waals surface area contributed by atoms with E-state index in [2.05, 4.69) is 17.4 Å². The van der Waals surface area contributed by atoms with Crippen LogP contribution >= 0.6 is 0 Å². The van der Waals surface area contributed by atoms with Gasteiger partial charge in [-0.1, -0.05) is 12.1 Å². The summed E-state index contributed by atoms with van der Waals surface area (Å²) in [6.07, 6.45) is 0.739. The van der Waals surface area contributed by atoms with Crippen LogP contribution in [-0.2, 0) is 4.74 Å². The van der Waals surface area contributed by atoms with Crippen LogP contribution in [0.4, 0.5) is 4.79 Å². The molecule has 23 heavy (non-hydrogen) atoms. The Labute approximate surface area is 139 Å². The van der Waals surface area contributed by atoms with Crippen LogP contribution in [-0.4, -0.2) is 43.8 Å². The molecule has 1 heterocycles. The smallest absolute Gasteiger partial charge is 0.410 e. The zero-order chi connectivity index (χ0) is 17.0. The van der Waals surface area contributed by atoms with Gasteiger partial charge in [-0.05, 0) is 57.9 Å². The van der Waals surface area contributed by atoms with E-state index >= 15 is 0 Å². The van der Waals surface area contributed by atoms with E-state index in [4.69, 9.17) is 9.47 Å². The summed E-state index contributed by atoms with van der Waals surface area (Å²) in [6, 6.07) is 8.28. The van der Waals surface area contributed by atoms with Gasteiger partial charge in [-0.15, -0.1) is 0 Å². The van der Waals surface area contributed by atoms with Crippen molar-refractivity contribution < 1.29 is 14.3 Å². The first-order chi connectivity index (χ1) is 10.8. The molecule has 0 radical (unpaired) electrons. The van der Waals surface area contributed by atoms with E-state index in [-0.39, 0.29) is 12.1 Å². The number of carbonyl (C=O) groups excluding carboxylic acids is 1. The number of hydrogen-bond acceptors (Lipinski definition) is 4. The van der Waals surface area contributed by atoms with Crippen LogP contribution in [0.1, 0.15) is 38.8 Å². The summed E-state index contributed by atoms with van der Waals surface area (Å²) >= 11 is 0. The lowest BCUT2D eigenvalue weighted by atomic mass is 9.92. The Hall–Kier alpha value is -1.75. The number of nitrogens with zero attached hydrogens (tertiary/aromatic N) is 1. The van der Waals surface area contributed by atoms with Crippen molar-refractivity contribution in [3.05, 3.63) is 29.8 Å². The Morgan fingerprint density at radius 3 is 2.74 bits per heavy atom. The molecule has 128 valence electrons. The van der Waals surface area contributed by atoms with Gasteiger partial charge >= 0.3 is 6.09 Å². The Morgan fingerprint density at radius 2 is 2.13 bits per heavy atom. The third-order valence-electron chi connectivity index (χ3n) is 4.11. The maximum atomic E-state index is 12.2. The van der Waals surface area contributed by atoms with Crippen LogP contribution < -0.4 is 10.1 Å². The quantitative estimate of drug-likeness (QED) is 0.925. The lowest BCUT2D eigenvalue weighted by Gasteiger charge is -2.26. The SMILES string of the molecule is CNC(c1cccc(OC)c1)C1CCN(C(=O)OC(C)(C)C)C1. The molecule has 1 saturated heterocycles. The molecular weight excluding hydrogens is 292 g/mol. The monoisotopic (exact) mass is 320 g/mol. The highest BCUT2D eigenvalue weighted by Gasteiger charge is 2.34. The summed E-state index contributed by atoms with van der Waals surface area (Å²) in [5, 5.41) is 3.38. The molecule has 1 amide bonds. The molecule has 0 saturated carbocycles. The van der Waals surface area contributed by atoms with E-state index < -0.39 is 5.60 Å². The molecule has 0 aliphatic carbocycles. The number of rotatable bonds is 4. The first-order valence-corrected chi connectivity index (χ1v) is 8.13. The zero-order valence-corrected chi connectivity index (χ0v) is 14.8. The van der Waals surface area contributed by atoms with Gasteiger partial charge in [-0.3, -0.25) is 0 Å². The van der Waals surface area contributed by atoms with Crippen molar-refractivity contribution in [1.29, 1.82) is 0 Å². The summed E-state index contributed by atoms with van der Waals surface area (Å²) in [4.78, 5) is 14.0. The van der Waals surface area contributed by atoms with Crippen LogP contribution in [0.3, 0.4) is 0 Å². The summed E-state index contributed by atoms with van der Waals surface area (Å²) in [5.74, 6) is 1.21. The molecule has 5 heteroatoms. The van der Waals surface area contributed by atoms with E-state index in [1.165, 1.54) is 5.56 Å². The van der Waals surface area contributed by atoms with Gasteiger partial charge in [0.1, 0.15) is 11.4 Å². The van der Waals surface area contributed by atoms with Gasteiger partial charge in [-0.2, -0.15) is 0 Å². The van der Waals surface area contributed by atoms with Gasteiger partial charge < -0.3 is 19.7 Å². The van der Waals surface area contributed by atoms with E-state index in [9.17, 15) is 4.79 Å². The molecule has 0 aromatic heterocycles. The molecule has 2 unspecified atom stereocenters. The van der Waals surface area contributed by atoms with Crippen LogP contribution in [0, 0.1) is 5.92 Å². The fourth-order valence-electron chi connectivity index (χ4n) is 3.06. The number of methoxy groups -OCH3 is 1. The second-order valence-electron chi connectivity index (χ2n) is 7.02. The van der Waals surface area contributed by atoms with Gasteiger partial charge in [0, 0.05) is 19.1 Å². The van der Waals surface area contributed by atoms with Gasteiger partial charge in [0.2, 0.25) is 0 Å². The number of carbonyl (C=O) groups is 1. The zero-order valence-electron chi connectivity index (χ0n) is 14.8. The van der Waals surface area contributed by atoms with Crippen molar-refractivity contribution in [2.75, 3.05) is 27.2 Å². The molecule has 1 fully saturated rings. The number of ether oxygens (including phenoxy) is 2. The van der Waals surface area contributed by atoms with Gasteiger partial charge in [0.25, 0.3) is 0 Å². The first-order valence-electron chi connectivity index (χ1n) is 8.13. The predicted octanol–water partition coefficient (Wildman–Crippen LogP) is 3.21. The number of likely N-dealkylation sites (tertiary alicyclic amines) is 1. The maximum absolute atomic E-state index is 12.2. The highest BCUT2D eigenvalue weighted by molar-refractivity contribution is 5.68. The number of hydrogen-bond donors (Lipinski definition) is 1. The van der Waals surface area contributed by atoms with Crippen molar-refractivity contribution in [1.82, 2.24) is 10.2 Å². The third kappa shape index (κ3) is 4.61. The van der Waals surface area contributed by atoms with Gasteiger partial charge in [-0.25, -0.2) is 4.79 Å². The minimum atomic E-state index is -0.454. The lowest BCUT2D eigenvalue weighted by Crippen LogP contribution is -2.36. The number of amides is 1. The second-order valence-corrected chi connectivity index (χ2v) is 7.02. The second kappa shape index (κ2) is 7.21. The highest BCUT2D eigenvalue weighted by atomic mass is 16.6. The Kier molecular flexibility index (Phi) is 5.52. The van der Waals surface area contributed by atoms with Gasteiger partial charge in [0.15, 0.2) is 0 Å². The van der Waals surface area contributed by atoms with Crippen molar-refractivity contribution in [2.45, 2.75) is 38.8 Å². The van der Waals surface area contributed by atoms with E-state index in [1.807, 2.05) is 40.0 Å². The van der Waals surface area contributed by atoms with Crippen LogP contribution in [0.15, 0.2) is 24.3 Å². The van der Waals surface area contributed by atoms with Crippen LogP contribution in [0.5, 0.6) is 5.75 Å². The molecule has 0 spiro atoms. The molecule has 2 rings (SSSR count). The summed E-state index contributed by atoms with van der Waals surface area (Å²) < 4.78 is 10.8. The summed E-state index contributed by atoms with van der Waals surface area (Å²) in [6.45, 7) is 7.13. The van der Waals surface area contributed by atoms with Crippen LogP contribution in [0.2, 0.25) is 0 Å². The largest absolute Gasteiger partial charge is 0.497 e. The molecule has 1 aliphatic heterocycles. The average molecular weight is 320 g/mol. The average Bonchev–Trinajstić information content (AvgIpc) is 2.96. The van der Waals surface area contributed by atoms with Crippen molar-refractivity contribution in [3.8, 4) is 5.75 Å². The predicted molar refractivity (Wildman–Crippen MR) is 90.7 cm³/mol. The van der Waals surface area contributed by atoms with E-state index in [1.54, 1.807) is 12.0 Å². The molecule has 2 atom stereocenters. The fraction of sp³-hybridized carbons (Fsp3) is 0.611. The topological polar surface area (TPSA) is 50.8 Å². The Bertz CT molecular complexity index is 539. The molecule has 1 aromatic rings. The minimum absolute atomic E-state index is 0.192. The van der Waals surface area contributed by atoms with Crippen LogP contribution in [0.25, 0.3) is 0 Å². The molecule has 1 aliphatic rings. The number of benzene rings is 1. The van der Waals surface area contributed by atoms with Crippen molar-refractivity contribution in [2.24, 2.45) is 5.92 Å². The Morgan fingerprint density at radius 1 is 1.39 bits per heavy atom. The fourth-order valence-corrected chi connectivity index (χ4v) is 3.06. The highest BCUT2D eigenvalue weighted by Crippen LogP contribution is 2.32. The van der Waals surface area contributed by atoms with Crippen molar-refractivity contribution >= 4 is 6.09 Å². The molecule has 1 N–H and O–H groups in total. The maximum Gasteiger partial charge on any atom is 0.410 e. The molecule has 5 nitrogen and oxygen atoms in total. The first kappa shape index (κ1) is 17.6. The summed E-state index contributed by atoms with van der Waals surface area (Å²) in [5.41, 5.74) is 0.729. The van der Waals surface area contributed by atoms with E-state index in [0.717, 1.165) is 18.7 Å². The minimum Gasteiger partial charge on any atom is -0.497 e. The summed E-state index contributed by atoms with van der Waals surface area (Å²) in [7, 11) is 3.63. The normalized spacial score (nSPS) is 19.5. The molecular formula is C18H28N2O3. The lowest BCUT2D eigenvalue weighted by molar-refractivity contribution is 0.0285. The standard InChI is InChI=1S/C18H28N2O3/c1-18(2,3)23-17(21)20-10-9-14(12-20)16(19-4)13-7-6-8-15(11-13)22-5/h6-8,11,14,16,19H,9-10,12H2,1-5H3. The molecule has 1 aromatic carbocycles. The van der Waals surface area contributed by atoms with Gasteiger partial charge in [0.05, 0.1) is 7.11 Å². The van der Waals surface area contributed by atoms with E-state index in [0.29, 0.717) is 12.5 Å². The third-order valence-corrected chi connectivity index (χ3v) is 4.11. The Balaban J connectivity index is 2.05.